The zero-order chi connectivity index (χ0) is 22.5. The number of aryl methyl sites for hydroxylation is 1. The highest BCUT2D eigenvalue weighted by Gasteiger charge is 2.31. The molecule has 32 heavy (non-hydrogen) atoms. The summed E-state index contributed by atoms with van der Waals surface area (Å²) in [6, 6.07) is 15.5. The largest absolute Gasteiger partial charge is 0.497 e. The van der Waals surface area contributed by atoms with Crippen molar-refractivity contribution in [1.82, 2.24) is 14.5 Å². The Hall–Kier alpha value is -3.19. The number of hydrogen-bond acceptors (Lipinski definition) is 6. The smallest absolute Gasteiger partial charge is 0.307 e. The lowest BCUT2D eigenvalue weighted by Crippen LogP contribution is -2.38. The normalized spacial score (nSPS) is 19.1. The molecule has 0 bridgehead atoms. The number of likely N-dealkylation sites (tertiary alicyclic amines) is 1. The number of nitrogens with zero attached hydrogens (tertiary/aromatic N) is 3. The summed E-state index contributed by atoms with van der Waals surface area (Å²) in [7, 11) is 3.77. The Morgan fingerprint density at radius 1 is 1.16 bits per heavy atom. The maximum absolute atomic E-state index is 12.6. The highest BCUT2D eigenvalue weighted by atomic mass is 16.5. The molecule has 7 heteroatoms. The quantitative estimate of drug-likeness (QED) is 0.530. The van der Waals surface area contributed by atoms with Gasteiger partial charge in [-0.05, 0) is 56.3 Å². The van der Waals surface area contributed by atoms with Crippen LogP contribution >= 0.6 is 0 Å². The Morgan fingerprint density at radius 2 is 1.94 bits per heavy atom. The second-order valence-electron chi connectivity index (χ2n) is 8.29. The molecular weight excluding hydrogens is 406 g/mol. The van der Waals surface area contributed by atoms with Crippen LogP contribution in [0.15, 0.2) is 59.7 Å². The number of ether oxygens (including phenoxy) is 2. The molecule has 2 unspecified atom stereocenters. The van der Waals surface area contributed by atoms with Gasteiger partial charge in [-0.2, -0.15) is 0 Å². The third-order valence-corrected chi connectivity index (χ3v) is 6.21. The standard InChI is InChI=1S/C25H29N3O4/c1-27-14-5-6-19(24(27)18-9-11-20(31-2)12-10-18)16-32-23(29)13-15-28-17-26-22-8-4-3-7-21(22)25(28)30/h3-4,7-12,17,19,24H,5-6,13-16H2,1-2H3. The number of benzene rings is 2. The fourth-order valence-corrected chi connectivity index (χ4v) is 4.51. The lowest BCUT2D eigenvalue weighted by molar-refractivity contribution is -0.146. The highest BCUT2D eigenvalue weighted by Crippen LogP contribution is 2.35. The van der Waals surface area contributed by atoms with Gasteiger partial charge in [-0.15, -0.1) is 0 Å². The zero-order valence-electron chi connectivity index (χ0n) is 18.6. The van der Waals surface area contributed by atoms with Crippen LogP contribution in [-0.4, -0.2) is 47.7 Å². The van der Waals surface area contributed by atoms with Gasteiger partial charge in [-0.1, -0.05) is 24.3 Å². The van der Waals surface area contributed by atoms with Gasteiger partial charge in [-0.25, -0.2) is 4.98 Å². The topological polar surface area (TPSA) is 73.7 Å². The first-order valence-corrected chi connectivity index (χ1v) is 11.0. The predicted molar refractivity (Wildman–Crippen MR) is 123 cm³/mol. The number of fused-ring (bicyclic) bond motifs is 1. The summed E-state index contributed by atoms with van der Waals surface area (Å²) in [6.45, 7) is 1.63. The molecule has 7 nitrogen and oxygen atoms in total. The van der Waals surface area contributed by atoms with Crippen LogP contribution in [0.25, 0.3) is 10.9 Å². The number of rotatable bonds is 7. The second kappa shape index (κ2) is 9.96. The highest BCUT2D eigenvalue weighted by molar-refractivity contribution is 5.77. The van der Waals surface area contributed by atoms with Crippen molar-refractivity contribution in [3.05, 3.63) is 70.8 Å². The van der Waals surface area contributed by atoms with E-state index in [1.165, 1.54) is 16.5 Å². The van der Waals surface area contributed by atoms with Crippen LogP contribution in [-0.2, 0) is 16.1 Å². The van der Waals surface area contributed by atoms with Crippen molar-refractivity contribution in [1.29, 1.82) is 0 Å². The molecule has 0 amide bonds. The maximum Gasteiger partial charge on any atom is 0.307 e. The van der Waals surface area contributed by atoms with Crippen molar-refractivity contribution >= 4 is 16.9 Å². The number of hydrogen-bond donors (Lipinski definition) is 0. The molecule has 0 N–H and O–H groups in total. The predicted octanol–water partition coefficient (Wildman–Crippen LogP) is 3.42. The van der Waals surface area contributed by atoms with E-state index < -0.39 is 0 Å². The zero-order valence-corrected chi connectivity index (χ0v) is 18.6. The van der Waals surface area contributed by atoms with Gasteiger partial charge in [0, 0.05) is 18.5 Å². The first kappa shape index (κ1) is 22.0. The van der Waals surface area contributed by atoms with E-state index in [1.807, 2.05) is 24.3 Å². The van der Waals surface area contributed by atoms with E-state index in [0.29, 0.717) is 17.5 Å². The number of carbonyl (C=O) groups is 1. The molecule has 4 rings (SSSR count). The molecule has 1 fully saturated rings. The van der Waals surface area contributed by atoms with Crippen molar-refractivity contribution < 1.29 is 14.3 Å². The molecular formula is C25H29N3O4. The molecule has 3 aromatic rings. The first-order valence-electron chi connectivity index (χ1n) is 11.0. The molecule has 1 aliphatic rings. The summed E-state index contributed by atoms with van der Waals surface area (Å²) in [5.74, 6) is 0.747. The van der Waals surface area contributed by atoms with Crippen molar-refractivity contribution in [3.63, 3.8) is 0 Å². The van der Waals surface area contributed by atoms with E-state index in [-0.39, 0.29) is 36.5 Å². The van der Waals surface area contributed by atoms with Gasteiger partial charge in [0.15, 0.2) is 0 Å². The van der Waals surface area contributed by atoms with Crippen molar-refractivity contribution in [3.8, 4) is 5.75 Å². The molecule has 168 valence electrons. The molecule has 0 aliphatic carbocycles. The minimum Gasteiger partial charge on any atom is -0.497 e. The van der Waals surface area contributed by atoms with Gasteiger partial charge in [0.2, 0.25) is 0 Å². The summed E-state index contributed by atoms with van der Waals surface area (Å²) in [5.41, 5.74) is 1.71. The lowest BCUT2D eigenvalue weighted by Gasteiger charge is -2.39. The third-order valence-electron chi connectivity index (χ3n) is 6.21. The first-order chi connectivity index (χ1) is 15.6. The number of aromatic nitrogens is 2. The molecule has 1 saturated heterocycles. The summed E-state index contributed by atoms with van der Waals surface area (Å²) in [6.07, 6.45) is 3.70. The molecule has 2 atom stereocenters. The molecule has 1 aromatic heterocycles. The minimum atomic E-state index is -0.299. The van der Waals surface area contributed by atoms with Gasteiger partial charge in [0.25, 0.3) is 5.56 Å². The summed E-state index contributed by atoms with van der Waals surface area (Å²) in [4.78, 5) is 31.7. The second-order valence-corrected chi connectivity index (χ2v) is 8.29. The lowest BCUT2D eigenvalue weighted by atomic mass is 9.85. The van der Waals surface area contributed by atoms with E-state index in [4.69, 9.17) is 9.47 Å². The van der Waals surface area contributed by atoms with Crippen LogP contribution in [0, 0.1) is 5.92 Å². The fourth-order valence-electron chi connectivity index (χ4n) is 4.51. The Kier molecular flexibility index (Phi) is 6.85. The number of methoxy groups -OCH3 is 1. The monoisotopic (exact) mass is 435 g/mol. The summed E-state index contributed by atoms with van der Waals surface area (Å²) in [5, 5.41) is 0.552. The molecule has 2 aromatic carbocycles. The van der Waals surface area contributed by atoms with Crippen LogP contribution in [0.5, 0.6) is 5.75 Å². The Balaban J connectivity index is 1.37. The van der Waals surface area contributed by atoms with Crippen molar-refractivity contribution in [2.75, 3.05) is 27.3 Å². The number of piperidine rings is 1. The number of esters is 1. The third kappa shape index (κ3) is 4.83. The van der Waals surface area contributed by atoms with Crippen LogP contribution in [0.1, 0.15) is 30.9 Å². The van der Waals surface area contributed by atoms with Gasteiger partial charge in [0.05, 0.1) is 37.4 Å². The van der Waals surface area contributed by atoms with Gasteiger partial charge >= 0.3 is 5.97 Å². The summed E-state index contributed by atoms with van der Waals surface area (Å²) < 4.78 is 12.4. The van der Waals surface area contributed by atoms with Crippen LogP contribution in [0.4, 0.5) is 0 Å². The average Bonchev–Trinajstić information content (AvgIpc) is 2.82. The number of carbonyl (C=O) groups excluding carboxylic acids is 1. The number of para-hydroxylation sites is 1. The van der Waals surface area contributed by atoms with Crippen molar-refractivity contribution in [2.24, 2.45) is 5.92 Å². The molecule has 0 saturated carbocycles. The fraction of sp³-hybridized carbons (Fsp3) is 0.400. The van der Waals surface area contributed by atoms with E-state index >= 15 is 0 Å². The Labute approximate surface area is 187 Å². The SMILES string of the molecule is COc1ccc(C2C(COC(=O)CCn3cnc4ccccc4c3=O)CCCN2C)cc1. The van der Waals surface area contributed by atoms with E-state index in [9.17, 15) is 9.59 Å². The van der Waals surface area contributed by atoms with E-state index in [0.717, 1.165) is 25.1 Å². The Morgan fingerprint density at radius 3 is 2.72 bits per heavy atom. The maximum atomic E-state index is 12.6. The van der Waals surface area contributed by atoms with Gasteiger partial charge in [0.1, 0.15) is 5.75 Å². The van der Waals surface area contributed by atoms with Gasteiger partial charge in [-0.3, -0.25) is 19.1 Å². The average molecular weight is 436 g/mol. The van der Waals surface area contributed by atoms with Crippen LogP contribution in [0.3, 0.4) is 0 Å². The molecule has 1 aliphatic heterocycles. The molecule has 0 radical (unpaired) electrons. The Bertz CT molecular complexity index is 1130. The van der Waals surface area contributed by atoms with Gasteiger partial charge < -0.3 is 9.47 Å². The van der Waals surface area contributed by atoms with Crippen LogP contribution in [0.2, 0.25) is 0 Å². The van der Waals surface area contributed by atoms with Crippen LogP contribution < -0.4 is 10.3 Å². The van der Waals surface area contributed by atoms with E-state index in [1.54, 1.807) is 19.2 Å². The van der Waals surface area contributed by atoms with E-state index in [2.05, 4.69) is 29.1 Å². The van der Waals surface area contributed by atoms with Crippen molar-refractivity contribution in [2.45, 2.75) is 31.8 Å². The molecule has 0 spiro atoms. The molecule has 2 heterocycles. The summed E-state index contributed by atoms with van der Waals surface area (Å²) >= 11 is 0. The minimum absolute atomic E-state index is 0.135.